The minimum atomic E-state index is -0.384. The minimum Gasteiger partial charge on any atom is -0.347 e. The first kappa shape index (κ1) is 19.5. The van der Waals surface area contributed by atoms with Crippen LogP contribution in [0.15, 0.2) is 58.4 Å². The summed E-state index contributed by atoms with van der Waals surface area (Å²) >= 11 is 7.72. The molecule has 1 aromatic heterocycles. The summed E-state index contributed by atoms with van der Waals surface area (Å²) in [5.74, 6) is -0.384. The van der Waals surface area contributed by atoms with Gasteiger partial charge in [-0.1, -0.05) is 23.7 Å². The van der Waals surface area contributed by atoms with Crippen LogP contribution in [0, 0.1) is 0 Å². The summed E-state index contributed by atoms with van der Waals surface area (Å²) in [5.41, 5.74) is 1.57. The van der Waals surface area contributed by atoms with Gasteiger partial charge in [0.25, 0.3) is 5.91 Å². The number of carbonyl (C=O) groups excluding carboxylic acids is 1. The van der Waals surface area contributed by atoms with Crippen LogP contribution in [0.25, 0.3) is 10.9 Å². The number of carbonyl (C=O) groups is 1. The molecule has 1 atom stereocenters. The Morgan fingerprint density at radius 1 is 1.22 bits per heavy atom. The number of rotatable bonds is 5. The van der Waals surface area contributed by atoms with Gasteiger partial charge in [0, 0.05) is 28.0 Å². The van der Waals surface area contributed by atoms with E-state index in [0.717, 1.165) is 16.0 Å². The van der Waals surface area contributed by atoms with Gasteiger partial charge in [-0.25, -0.2) is 0 Å². The monoisotopic (exact) mass is 400 g/mol. The highest BCUT2D eigenvalue weighted by molar-refractivity contribution is 7.98. The SMILES string of the molecule is CCn1cc(C(=O)N[C@@H](C)c2ccc(SC)cc2)c(=O)c2cc(Cl)ccc21. The Labute approximate surface area is 167 Å². The maximum atomic E-state index is 12.9. The van der Waals surface area contributed by atoms with Crippen molar-refractivity contribution in [3.63, 3.8) is 0 Å². The van der Waals surface area contributed by atoms with Gasteiger partial charge in [-0.2, -0.15) is 0 Å². The quantitative estimate of drug-likeness (QED) is 0.620. The molecule has 0 saturated carbocycles. The van der Waals surface area contributed by atoms with Crippen LogP contribution in [-0.2, 0) is 6.54 Å². The normalized spacial score (nSPS) is 12.1. The number of amides is 1. The molecule has 1 amide bonds. The molecule has 0 aliphatic heterocycles. The summed E-state index contributed by atoms with van der Waals surface area (Å²) in [5, 5.41) is 3.86. The molecule has 0 saturated heterocycles. The Balaban J connectivity index is 1.95. The van der Waals surface area contributed by atoms with Crippen molar-refractivity contribution < 1.29 is 4.79 Å². The summed E-state index contributed by atoms with van der Waals surface area (Å²) in [4.78, 5) is 26.8. The van der Waals surface area contributed by atoms with Crippen LogP contribution < -0.4 is 10.7 Å². The maximum Gasteiger partial charge on any atom is 0.257 e. The Morgan fingerprint density at radius 2 is 1.93 bits per heavy atom. The first-order chi connectivity index (χ1) is 12.9. The first-order valence-electron chi connectivity index (χ1n) is 8.72. The van der Waals surface area contributed by atoms with Gasteiger partial charge in [0.15, 0.2) is 0 Å². The van der Waals surface area contributed by atoms with Crippen molar-refractivity contribution in [1.29, 1.82) is 0 Å². The average molecular weight is 401 g/mol. The Hall–Kier alpha value is -2.24. The van der Waals surface area contributed by atoms with Crippen molar-refractivity contribution in [2.24, 2.45) is 0 Å². The van der Waals surface area contributed by atoms with E-state index in [2.05, 4.69) is 5.32 Å². The van der Waals surface area contributed by atoms with E-state index < -0.39 is 0 Å². The van der Waals surface area contributed by atoms with Crippen LogP contribution in [0.1, 0.15) is 35.8 Å². The molecule has 0 aliphatic carbocycles. The molecule has 0 unspecified atom stereocenters. The van der Waals surface area contributed by atoms with Crippen molar-refractivity contribution in [2.75, 3.05) is 6.26 Å². The van der Waals surface area contributed by atoms with Gasteiger partial charge in [-0.3, -0.25) is 9.59 Å². The van der Waals surface area contributed by atoms with Gasteiger partial charge in [0.2, 0.25) is 5.43 Å². The third-order valence-corrected chi connectivity index (χ3v) is 5.57. The van der Waals surface area contributed by atoms with Gasteiger partial charge in [-0.15, -0.1) is 11.8 Å². The third-order valence-electron chi connectivity index (χ3n) is 4.59. The van der Waals surface area contributed by atoms with E-state index in [0.29, 0.717) is 17.0 Å². The van der Waals surface area contributed by atoms with E-state index in [1.165, 1.54) is 0 Å². The van der Waals surface area contributed by atoms with E-state index in [4.69, 9.17) is 11.6 Å². The summed E-state index contributed by atoms with van der Waals surface area (Å²) in [6.07, 6.45) is 3.64. The molecule has 3 rings (SSSR count). The molecule has 3 aromatic rings. The van der Waals surface area contributed by atoms with Gasteiger partial charge < -0.3 is 9.88 Å². The maximum absolute atomic E-state index is 12.9. The smallest absolute Gasteiger partial charge is 0.257 e. The van der Waals surface area contributed by atoms with Crippen LogP contribution in [0.4, 0.5) is 0 Å². The molecule has 6 heteroatoms. The van der Waals surface area contributed by atoms with Gasteiger partial charge >= 0.3 is 0 Å². The fourth-order valence-electron chi connectivity index (χ4n) is 3.04. The highest BCUT2D eigenvalue weighted by atomic mass is 35.5. The molecule has 0 radical (unpaired) electrons. The van der Waals surface area contributed by atoms with E-state index in [1.807, 2.05) is 48.9 Å². The van der Waals surface area contributed by atoms with E-state index in [9.17, 15) is 9.59 Å². The predicted molar refractivity (Wildman–Crippen MR) is 113 cm³/mol. The van der Waals surface area contributed by atoms with Crippen LogP contribution in [0.5, 0.6) is 0 Å². The molecular weight excluding hydrogens is 380 g/mol. The number of hydrogen-bond donors (Lipinski definition) is 1. The number of halogens is 1. The van der Waals surface area contributed by atoms with Gasteiger partial charge in [-0.05, 0) is 56.0 Å². The zero-order valence-electron chi connectivity index (χ0n) is 15.5. The molecule has 27 heavy (non-hydrogen) atoms. The molecule has 0 aliphatic rings. The standard InChI is InChI=1S/C21H21ClN2O2S/c1-4-24-12-18(20(25)17-11-15(22)7-10-19(17)24)21(26)23-13(2)14-5-8-16(27-3)9-6-14/h5-13H,4H2,1-3H3,(H,23,26)/t13-/m0/s1. The topological polar surface area (TPSA) is 51.1 Å². The zero-order chi connectivity index (χ0) is 19.6. The fourth-order valence-corrected chi connectivity index (χ4v) is 3.62. The number of hydrogen-bond acceptors (Lipinski definition) is 3. The van der Waals surface area contributed by atoms with E-state index in [-0.39, 0.29) is 22.9 Å². The van der Waals surface area contributed by atoms with Gasteiger partial charge in [0.1, 0.15) is 5.56 Å². The van der Waals surface area contributed by atoms with Crippen LogP contribution >= 0.6 is 23.4 Å². The molecule has 0 fully saturated rings. The van der Waals surface area contributed by atoms with Crippen LogP contribution in [0.3, 0.4) is 0 Å². The predicted octanol–water partition coefficient (Wildman–Crippen LogP) is 4.89. The summed E-state index contributed by atoms with van der Waals surface area (Å²) < 4.78 is 1.89. The van der Waals surface area contributed by atoms with Crippen LogP contribution in [0.2, 0.25) is 5.02 Å². The van der Waals surface area contributed by atoms with Crippen molar-refractivity contribution in [1.82, 2.24) is 9.88 Å². The lowest BCUT2D eigenvalue weighted by atomic mass is 10.1. The number of thioether (sulfide) groups is 1. The number of aryl methyl sites for hydroxylation is 1. The second kappa shape index (κ2) is 8.19. The van der Waals surface area contributed by atoms with Gasteiger partial charge in [0.05, 0.1) is 11.6 Å². The molecule has 140 valence electrons. The number of aromatic nitrogens is 1. The third kappa shape index (κ3) is 4.04. The van der Waals surface area contributed by atoms with Crippen molar-refractivity contribution in [2.45, 2.75) is 31.3 Å². The summed E-state index contributed by atoms with van der Waals surface area (Å²) in [7, 11) is 0. The van der Waals surface area contributed by atoms with Crippen molar-refractivity contribution in [3.05, 3.63) is 75.0 Å². The minimum absolute atomic E-state index is 0.124. The lowest BCUT2D eigenvalue weighted by molar-refractivity contribution is 0.0938. The summed E-state index contributed by atoms with van der Waals surface area (Å²) in [6, 6.07) is 13.0. The molecule has 2 aromatic carbocycles. The highest BCUT2D eigenvalue weighted by Crippen LogP contribution is 2.20. The zero-order valence-corrected chi connectivity index (χ0v) is 17.0. The fraction of sp³-hybridized carbons (Fsp3) is 0.238. The molecular formula is C21H21ClN2O2S. The first-order valence-corrected chi connectivity index (χ1v) is 10.3. The largest absolute Gasteiger partial charge is 0.347 e. The summed E-state index contributed by atoms with van der Waals surface area (Å²) in [6.45, 7) is 4.52. The van der Waals surface area contributed by atoms with E-state index in [1.54, 1.807) is 36.2 Å². The van der Waals surface area contributed by atoms with Crippen molar-refractivity contribution >= 4 is 40.2 Å². The molecule has 4 nitrogen and oxygen atoms in total. The number of benzene rings is 2. The lowest BCUT2D eigenvalue weighted by Crippen LogP contribution is -2.31. The second-order valence-electron chi connectivity index (χ2n) is 6.29. The number of nitrogens with one attached hydrogen (secondary N) is 1. The number of fused-ring (bicyclic) bond motifs is 1. The molecule has 1 N–H and O–H groups in total. The molecule has 1 heterocycles. The van der Waals surface area contributed by atoms with Crippen LogP contribution in [-0.4, -0.2) is 16.7 Å². The number of nitrogens with zero attached hydrogens (tertiary/aromatic N) is 1. The lowest BCUT2D eigenvalue weighted by Gasteiger charge is -2.16. The Kier molecular flexibility index (Phi) is 5.92. The highest BCUT2D eigenvalue weighted by Gasteiger charge is 2.18. The second-order valence-corrected chi connectivity index (χ2v) is 7.60. The molecule has 0 bridgehead atoms. The molecule has 0 spiro atoms. The van der Waals surface area contributed by atoms with Crippen molar-refractivity contribution in [3.8, 4) is 0 Å². The van der Waals surface area contributed by atoms with E-state index >= 15 is 0 Å². The Morgan fingerprint density at radius 3 is 2.56 bits per heavy atom. The Bertz CT molecular complexity index is 1040. The number of pyridine rings is 1. The average Bonchev–Trinajstić information content (AvgIpc) is 2.68.